The van der Waals surface area contributed by atoms with Gasteiger partial charge in [-0.15, -0.1) is 0 Å². The fourth-order valence-corrected chi connectivity index (χ4v) is 2.17. The molecule has 2 amide bonds. The first-order valence-electron chi connectivity index (χ1n) is 6.45. The van der Waals surface area contributed by atoms with Crippen molar-refractivity contribution in [2.24, 2.45) is 0 Å². The summed E-state index contributed by atoms with van der Waals surface area (Å²) in [4.78, 5) is 35.2. The van der Waals surface area contributed by atoms with Crippen molar-refractivity contribution < 1.29 is 29.0 Å². The van der Waals surface area contributed by atoms with Gasteiger partial charge in [-0.25, -0.2) is 0 Å². The largest absolute Gasteiger partial charge is 0.493 e. The number of amides is 2. The normalized spacial score (nSPS) is 16.3. The van der Waals surface area contributed by atoms with Gasteiger partial charge in [-0.3, -0.25) is 19.3 Å². The van der Waals surface area contributed by atoms with E-state index in [1.165, 1.54) is 14.2 Å². The maximum absolute atomic E-state index is 12.1. The van der Waals surface area contributed by atoms with Gasteiger partial charge in [0.2, 0.25) is 5.91 Å². The van der Waals surface area contributed by atoms with Gasteiger partial charge >= 0.3 is 5.97 Å². The molecule has 1 aliphatic heterocycles. The highest BCUT2D eigenvalue weighted by Crippen LogP contribution is 2.29. The van der Waals surface area contributed by atoms with Crippen LogP contribution in [0.3, 0.4) is 0 Å². The first-order valence-corrected chi connectivity index (χ1v) is 6.45. The Morgan fingerprint density at radius 1 is 1.27 bits per heavy atom. The Hall–Kier alpha value is -2.83. The molecule has 0 unspecified atom stereocenters. The van der Waals surface area contributed by atoms with Gasteiger partial charge in [-0.1, -0.05) is 6.07 Å². The third-order valence-corrected chi connectivity index (χ3v) is 3.20. The number of hydrogen-bond acceptors (Lipinski definition) is 5. The van der Waals surface area contributed by atoms with E-state index in [1.54, 1.807) is 24.3 Å². The summed E-state index contributed by atoms with van der Waals surface area (Å²) in [5.74, 6) is -1.28. The zero-order chi connectivity index (χ0) is 16.3. The van der Waals surface area contributed by atoms with Crippen molar-refractivity contribution in [3.8, 4) is 11.5 Å². The Balaban J connectivity index is 2.28. The van der Waals surface area contributed by atoms with Gasteiger partial charge in [0, 0.05) is 5.57 Å². The second-order valence-corrected chi connectivity index (χ2v) is 4.64. The molecule has 0 aromatic heterocycles. The van der Waals surface area contributed by atoms with Crippen molar-refractivity contribution in [3.05, 3.63) is 29.3 Å². The van der Waals surface area contributed by atoms with Gasteiger partial charge < -0.3 is 14.6 Å². The van der Waals surface area contributed by atoms with Crippen molar-refractivity contribution in [1.29, 1.82) is 0 Å². The summed E-state index contributed by atoms with van der Waals surface area (Å²) < 4.78 is 10.3. The van der Waals surface area contributed by atoms with Crippen LogP contribution in [-0.2, 0) is 14.4 Å². The molecule has 1 fully saturated rings. The van der Waals surface area contributed by atoms with Crippen LogP contribution in [0.25, 0.3) is 6.08 Å². The zero-order valence-corrected chi connectivity index (χ0v) is 12.2. The lowest BCUT2D eigenvalue weighted by atomic mass is 10.1. The molecule has 1 saturated heterocycles. The van der Waals surface area contributed by atoms with Crippen molar-refractivity contribution in [1.82, 2.24) is 4.90 Å². The SMILES string of the molecule is COc1ccc(/C=C2\CC(=O)N(CC(=O)O)C2=O)cc1OC. The second-order valence-electron chi connectivity index (χ2n) is 4.64. The van der Waals surface area contributed by atoms with E-state index >= 15 is 0 Å². The number of rotatable bonds is 5. The highest BCUT2D eigenvalue weighted by atomic mass is 16.5. The number of carbonyl (C=O) groups excluding carboxylic acids is 2. The summed E-state index contributed by atoms with van der Waals surface area (Å²) in [5, 5.41) is 8.72. The number of carbonyl (C=O) groups is 3. The Labute approximate surface area is 126 Å². The molecule has 1 N–H and O–H groups in total. The lowest BCUT2D eigenvalue weighted by Gasteiger charge is -2.09. The number of aliphatic carboxylic acids is 1. The number of imide groups is 1. The number of carboxylic acid groups (broad SMARTS) is 1. The fraction of sp³-hybridized carbons (Fsp3) is 0.267. The van der Waals surface area contributed by atoms with Crippen LogP contribution in [0, 0.1) is 0 Å². The molecular formula is C15H15NO6. The number of methoxy groups -OCH3 is 2. The van der Waals surface area contributed by atoms with E-state index in [2.05, 4.69) is 0 Å². The summed E-state index contributed by atoms with van der Waals surface area (Å²) in [6.07, 6.45) is 1.44. The predicted octanol–water partition coefficient (Wildman–Crippen LogP) is 0.931. The van der Waals surface area contributed by atoms with Crippen molar-refractivity contribution in [2.75, 3.05) is 20.8 Å². The number of ether oxygens (including phenoxy) is 2. The van der Waals surface area contributed by atoms with Gasteiger partial charge in [0.25, 0.3) is 5.91 Å². The molecular weight excluding hydrogens is 290 g/mol. The number of carboxylic acids is 1. The Morgan fingerprint density at radius 3 is 2.55 bits per heavy atom. The molecule has 0 saturated carbocycles. The number of likely N-dealkylation sites (tertiary alicyclic amines) is 1. The van der Waals surface area contributed by atoms with Gasteiger partial charge in [-0.2, -0.15) is 0 Å². The zero-order valence-electron chi connectivity index (χ0n) is 12.2. The fourth-order valence-electron chi connectivity index (χ4n) is 2.17. The Bertz CT molecular complexity index is 664. The molecule has 116 valence electrons. The van der Waals surface area contributed by atoms with Crippen LogP contribution in [0.2, 0.25) is 0 Å². The average Bonchev–Trinajstić information content (AvgIpc) is 2.74. The van der Waals surface area contributed by atoms with E-state index < -0.39 is 24.3 Å². The van der Waals surface area contributed by atoms with Crippen LogP contribution in [0.4, 0.5) is 0 Å². The van der Waals surface area contributed by atoms with E-state index in [1.807, 2.05) is 0 Å². The minimum Gasteiger partial charge on any atom is -0.493 e. The molecule has 0 bridgehead atoms. The van der Waals surface area contributed by atoms with Gasteiger partial charge in [0.1, 0.15) is 6.54 Å². The number of nitrogens with zero attached hydrogens (tertiary/aromatic N) is 1. The van der Waals surface area contributed by atoms with Crippen LogP contribution in [0.5, 0.6) is 11.5 Å². The first kappa shape index (κ1) is 15.6. The van der Waals surface area contributed by atoms with Crippen LogP contribution < -0.4 is 9.47 Å². The minimum absolute atomic E-state index is 0.111. The van der Waals surface area contributed by atoms with Gasteiger partial charge in [0.05, 0.1) is 20.6 Å². The molecule has 2 rings (SSSR count). The lowest BCUT2D eigenvalue weighted by Crippen LogP contribution is -2.34. The molecule has 7 nitrogen and oxygen atoms in total. The van der Waals surface area contributed by atoms with Crippen LogP contribution in [0.15, 0.2) is 23.8 Å². The molecule has 1 aromatic rings. The standard InChI is InChI=1S/C15H15NO6/c1-21-11-4-3-9(6-12(11)22-2)5-10-7-13(17)16(15(10)20)8-14(18)19/h3-6H,7-8H2,1-2H3,(H,18,19)/b10-5+. The summed E-state index contributed by atoms with van der Waals surface area (Å²) in [5.41, 5.74) is 0.907. The third-order valence-electron chi connectivity index (χ3n) is 3.20. The molecule has 0 radical (unpaired) electrons. The smallest absolute Gasteiger partial charge is 0.323 e. The molecule has 7 heteroatoms. The molecule has 1 heterocycles. The monoisotopic (exact) mass is 305 g/mol. The summed E-state index contributed by atoms with van der Waals surface area (Å²) in [6, 6.07) is 5.07. The first-order chi connectivity index (χ1) is 10.5. The average molecular weight is 305 g/mol. The summed E-state index contributed by atoms with van der Waals surface area (Å²) in [6.45, 7) is -0.624. The van der Waals surface area contributed by atoms with Crippen molar-refractivity contribution in [2.45, 2.75) is 6.42 Å². The van der Waals surface area contributed by atoms with E-state index in [0.717, 1.165) is 4.90 Å². The van der Waals surface area contributed by atoms with Crippen molar-refractivity contribution >= 4 is 23.9 Å². The predicted molar refractivity (Wildman–Crippen MR) is 76.5 cm³/mol. The third kappa shape index (κ3) is 3.08. The molecule has 0 atom stereocenters. The van der Waals surface area contributed by atoms with E-state index in [-0.39, 0.29) is 12.0 Å². The van der Waals surface area contributed by atoms with Crippen LogP contribution in [0.1, 0.15) is 12.0 Å². The van der Waals surface area contributed by atoms with Gasteiger partial charge in [0.15, 0.2) is 11.5 Å². The topological polar surface area (TPSA) is 93.1 Å². The second kappa shape index (κ2) is 6.30. The number of benzene rings is 1. The molecule has 1 aromatic carbocycles. The van der Waals surface area contributed by atoms with E-state index in [4.69, 9.17) is 14.6 Å². The molecule has 1 aliphatic rings. The number of hydrogen-bond donors (Lipinski definition) is 1. The van der Waals surface area contributed by atoms with Gasteiger partial charge in [-0.05, 0) is 23.8 Å². The Morgan fingerprint density at radius 2 is 1.95 bits per heavy atom. The maximum atomic E-state index is 12.1. The van der Waals surface area contributed by atoms with Crippen LogP contribution >= 0.6 is 0 Å². The molecule has 0 aliphatic carbocycles. The summed E-state index contributed by atoms with van der Waals surface area (Å²) in [7, 11) is 3.01. The molecule has 22 heavy (non-hydrogen) atoms. The molecule has 0 spiro atoms. The summed E-state index contributed by atoms with van der Waals surface area (Å²) >= 11 is 0. The van der Waals surface area contributed by atoms with E-state index in [0.29, 0.717) is 17.1 Å². The highest BCUT2D eigenvalue weighted by molar-refractivity contribution is 6.16. The Kier molecular flexibility index (Phi) is 4.45. The highest BCUT2D eigenvalue weighted by Gasteiger charge is 2.34. The lowest BCUT2D eigenvalue weighted by molar-refractivity contribution is -0.148. The quantitative estimate of drug-likeness (QED) is 0.642. The van der Waals surface area contributed by atoms with E-state index in [9.17, 15) is 14.4 Å². The minimum atomic E-state index is -1.23. The maximum Gasteiger partial charge on any atom is 0.323 e. The van der Waals surface area contributed by atoms with Crippen LogP contribution in [-0.4, -0.2) is 48.6 Å². The van der Waals surface area contributed by atoms with Crippen molar-refractivity contribution in [3.63, 3.8) is 0 Å².